The largest absolute Gasteiger partial charge is 0.382 e. The van der Waals surface area contributed by atoms with Crippen molar-refractivity contribution in [3.05, 3.63) is 48.4 Å². The summed E-state index contributed by atoms with van der Waals surface area (Å²) in [6.07, 6.45) is 5.27. The Labute approximate surface area is 94.8 Å². The quantitative estimate of drug-likeness (QED) is 0.844. The van der Waals surface area contributed by atoms with Crippen LogP contribution in [-0.4, -0.2) is 17.0 Å². The molecule has 0 saturated carbocycles. The monoisotopic (exact) mass is 214 g/mol. The van der Waals surface area contributed by atoms with E-state index in [4.69, 9.17) is 5.73 Å². The van der Waals surface area contributed by atoms with E-state index in [0.29, 0.717) is 5.82 Å². The van der Waals surface area contributed by atoms with Crippen LogP contribution < -0.4 is 10.6 Å². The van der Waals surface area contributed by atoms with Crippen molar-refractivity contribution in [1.29, 1.82) is 0 Å². The molecule has 2 aromatic heterocycles. The van der Waals surface area contributed by atoms with Crippen molar-refractivity contribution >= 4 is 11.5 Å². The Bertz CT molecular complexity index is 456. The van der Waals surface area contributed by atoms with Crippen LogP contribution in [-0.2, 0) is 6.54 Å². The first-order valence-electron chi connectivity index (χ1n) is 5.08. The fraction of sp³-hybridized carbons (Fsp3) is 0.167. The number of nitrogen functional groups attached to an aromatic ring is 1. The van der Waals surface area contributed by atoms with Gasteiger partial charge in [-0.05, 0) is 29.8 Å². The molecule has 0 fully saturated rings. The standard InChI is InChI=1S/C12H14N4/c1-16(9-10-4-7-14-8-5-10)11-3-2-6-15-12(11)13/h2-8H,9H2,1H3,(H2,13,15). The van der Waals surface area contributed by atoms with Gasteiger partial charge in [-0.15, -0.1) is 0 Å². The first-order valence-corrected chi connectivity index (χ1v) is 5.08. The second kappa shape index (κ2) is 4.61. The number of anilines is 2. The summed E-state index contributed by atoms with van der Waals surface area (Å²) >= 11 is 0. The summed E-state index contributed by atoms with van der Waals surface area (Å²) < 4.78 is 0. The van der Waals surface area contributed by atoms with Crippen LogP contribution in [0.1, 0.15) is 5.56 Å². The van der Waals surface area contributed by atoms with Gasteiger partial charge in [0.15, 0.2) is 0 Å². The molecule has 2 N–H and O–H groups in total. The van der Waals surface area contributed by atoms with Gasteiger partial charge in [0.25, 0.3) is 0 Å². The molecular formula is C12H14N4. The Kier molecular flexibility index (Phi) is 3.00. The minimum absolute atomic E-state index is 0.555. The second-order valence-corrected chi connectivity index (χ2v) is 3.62. The third-order valence-corrected chi connectivity index (χ3v) is 2.40. The Morgan fingerprint density at radius 3 is 2.62 bits per heavy atom. The predicted molar refractivity (Wildman–Crippen MR) is 65.0 cm³/mol. The Morgan fingerprint density at radius 1 is 1.19 bits per heavy atom. The molecule has 0 spiro atoms. The van der Waals surface area contributed by atoms with Crippen LogP contribution in [0, 0.1) is 0 Å². The molecule has 0 radical (unpaired) electrons. The zero-order valence-corrected chi connectivity index (χ0v) is 9.17. The van der Waals surface area contributed by atoms with Gasteiger partial charge < -0.3 is 10.6 Å². The van der Waals surface area contributed by atoms with Crippen LogP contribution >= 0.6 is 0 Å². The minimum atomic E-state index is 0.555. The van der Waals surface area contributed by atoms with Crippen molar-refractivity contribution in [2.75, 3.05) is 17.7 Å². The maximum atomic E-state index is 5.81. The van der Waals surface area contributed by atoms with E-state index in [2.05, 4.69) is 14.9 Å². The lowest BCUT2D eigenvalue weighted by molar-refractivity contribution is 0.917. The zero-order valence-electron chi connectivity index (χ0n) is 9.17. The Balaban J connectivity index is 2.15. The molecule has 4 heteroatoms. The van der Waals surface area contributed by atoms with Gasteiger partial charge >= 0.3 is 0 Å². The highest BCUT2D eigenvalue weighted by Crippen LogP contribution is 2.20. The fourth-order valence-electron chi connectivity index (χ4n) is 1.58. The molecule has 0 saturated heterocycles. The predicted octanol–water partition coefficient (Wildman–Crippen LogP) is 1.70. The molecule has 0 aliphatic carbocycles. The zero-order chi connectivity index (χ0) is 11.4. The van der Waals surface area contributed by atoms with Gasteiger partial charge in [0.2, 0.25) is 0 Å². The van der Waals surface area contributed by atoms with Gasteiger partial charge in [-0.1, -0.05) is 0 Å². The van der Waals surface area contributed by atoms with Crippen LogP contribution in [0.2, 0.25) is 0 Å². The maximum absolute atomic E-state index is 5.81. The molecule has 82 valence electrons. The molecule has 0 aromatic carbocycles. The van der Waals surface area contributed by atoms with Crippen molar-refractivity contribution < 1.29 is 0 Å². The van der Waals surface area contributed by atoms with E-state index in [1.165, 1.54) is 5.56 Å². The van der Waals surface area contributed by atoms with Gasteiger partial charge in [-0.3, -0.25) is 4.98 Å². The van der Waals surface area contributed by atoms with E-state index in [9.17, 15) is 0 Å². The van der Waals surface area contributed by atoms with Crippen molar-refractivity contribution in [2.24, 2.45) is 0 Å². The smallest absolute Gasteiger partial charge is 0.146 e. The molecule has 2 heterocycles. The average Bonchev–Trinajstić information content (AvgIpc) is 2.31. The first kappa shape index (κ1) is 10.4. The number of rotatable bonds is 3. The molecule has 0 bridgehead atoms. The summed E-state index contributed by atoms with van der Waals surface area (Å²) in [4.78, 5) is 10.1. The van der Waals surface area contributed by atoms with Crippen LogP contribution in [0.25, 0.3) is 0 Å². The van der Waals surface area contributed by atoms with Gasteiger partial charge in [0.1, 0.15) is 5.82 Å². The van der Waals surface area contributed by atoms with E-state index in [1.807, 2.05) is 31.3 Å². The molecule has 0 aliphatic heterocycles. The molecule has 2 rings (SSSR count). The topological polar surface area (TPSA) is 55.0 Å². The average molecular weight is 214 g/mol. The van der Waals surface area contributed by atoms with Crippen LogP contribution in [0.4, 0.5) is 11.5 Å². The number of nitrogens with two attached hydrogens (primary N) is 1. The fourth-order valence-corrected chi connectivity index (χ4v) is 1.58. The van der Waals surface area contributed by atoms with E-state index < -0.39 is 0 Å². The summed E-state index contributed by atoms with van der Waals surface area (Å²) in [6, 6.07) is 7.82. The second-order valence-electron chi connectivity index (χ2n) is 3.62. The number of hydrogen-bond donors (Lipinski definition) is 1. The summed E-state index contributed by atoms with van der Waals surface area (Å²) in [5.41, 5.74) is 7.95. The van der Waals surface area contributed by atoms with E-state index in [-0.39, 0.29) is 0 Å². The van der Waals surface area contributed by atoms with Crippen LogP contribution in [0.3, 0.4) is 0 Å². The molecule has 2 aromatic rings. The van der Waals surface area contributed by atoms with Gasteiger partial charge in [-0.25, -0.2) is 4.98 Å². The highest BCUT2D eigenvalue weighted by Gasteiger charge is 2.05. The number of pyridine rings is 2. The molecular weight excluding hydrogens is 200 g/mol. The van der Waals surface area contributed by atoms with E-state index in [0.717, 1.165) is 12.2 Å². The minimum Gasteiger partial charge on any atom is -0.382 e. The molecule has 4 nitrogen and oxygen atoms in total. The van der Waals surface area contributed by atoms with Gasteiger partial charge in [-0.2, -0.15) is 0 Å². The number of nitrogens with zero attached hydrogens (tertiary/aromatic N) is 3. The summed E-state index contributed by atoms with van der Waals surface area (Å²) in [7, 11) is 1.99. The third-order valence-electron chi connectivity index (χ3n) is 2.40. The third kappa shape index (κ3) is 2.28. The van der Waals surface area contributed by atoms with Gasteiger partial charge in [0, 0.05) is 32.2 Å². The summed E-state index contributed by atoms with van der Waals surface area (Å²) in [5.74, 6) is 0.555. The normalized spacial score (nSPS) is 10.1. The van der Waals surface area contributed by atoms with Gasteiger partial charge in [0.05, 0.1) is 5.69 Å². The highest BCUT2D eigenvalue weighted by atomic mass is 15.1. The molecule has 0 atom stereocenters. The lowest BCUT2D eigenvalue weighted by atomic mass is 10.2. The van der Waals surface area contributed by atoms with E-state index in [1.54, 1.807) is 18.6 Å². The summed E-state index contributed by atoms with van der Waals surface area (Å²) in [6.45, 7) is 0.790. The lowest BCUT2D eigenvalue weighted by Crippen LogP contribution is -2.18. The maximum Gasteiger partial charge on any atom is 0.146 e. The van der Waals surface area contributed by atoms with Crippen LogP contribution in [0.5, 0.6) is 0 Å². The van der Waals surface area contributed by atoms with Crippen LogP contribution in [0.15, 0.2) is 42.9 Å². The Hall–Kier alpha value is -2.10. The van der Waals surface area contributed by atoms with E-state index >= 15 is 0 Å². The molecule has 0 aliphatic rings. The first-order chi connectivity index (χ1) is 7.77. The van der Waals surface area contributed by atoms with Crippen molar-refractivity contribution in [1.82, 2.24) is 9.97 Å². The molecule has 16 heavy (non-hydrogen) atoms. The lowest BCUT2D eigenvalue weighted by Gasteiger charge is -2.20. The molecule has 0 amide bonds. The Morgan fingerprint density at radius 2 is 1.94 bits per heavy atom. The highest BCUT2D eigenvalue weighted by molar-refractivity contribution is 5.62. The number of aromatic nitrogens is 2. The van der Waals surface area contributed by atoms with Crippen molar-refractivity contribution in [2.45, 2.75) is 6.54 Å². The van der Waals surface area contributed by atoms with Crippen molar-refractivity contribution in [3.8, 4) is 0 Å². The number of hydrogen-bond acceptors (Lipinski definition) is 4. The molecule has 0 unspecified atom stereocenters. The summed E-state index contributed by atoms with van der Waals surface area (Å²) in [5, 5.41) is 0. The van der Waals surface area contributed by atoms with Crippen molar-refractivity contribution in [3.63, 3.8) is 0 Å². The SMILES string of the molecule is CN(Cc1ccncc1)c1cccnc1N.